The average molecular weight is 440 g/mol. The fourth-order valence-corrected chi connectivity index (χ4v) is 4.15. The van der Waals surface area contributed by atoms with E-state index in [0.29, 0.717) is 0 Å². The van der Waals surface area contributed by atoms with Crippen LogP contribution < -0.4 is 5.32 Å². The summed E-state index contributed by atoms with van der Waals surface area (Å²) in [7, 11) is -3.95. The molecule has 1 aliphatic rings. The van der Waals surface area contributed by atoms with Gasteiger partial charge >= 0.3 is 5.97 Å². The van der Waals surface area contributed by atoms with Crippen molar-refractivity contribution in [2.24, 2.45) is 0 Å². The van der Waals surface area contributed by atoms with Crippen LogP contribution in [-0.4, -0.2) is 57.5 Å². The standard InChI is InChI=1S/C19H18F2N2O6S/c20-15-6-5-13(30(26,27)23-7-9-28-10-8-23)11-14(15)19(25)29-12-18(24)22-17-4-2-1-3-16(17)21/h1-6,11H,7-10,12H2,(H,22,24). The summed E-state index contributed by atoms with van der Waals surface area (Å²) in [6.45, 7) is -0.0860. The molecular formula is C19H18F2N2O6S. The number of carbonyl (C=O) groups excluding carboxylic acids is 2. The van der Waals surface area contributed by atoms with Crippen molar-refractivity contribution < 1.29 is 36.3 Å². The number of carbonyl (C=O) groups is 2. The van der Waals surface area contributed by atoms with Gasteiger partial charge in [-0.2, -0.15) is 4.31 Å². The molecule has 1 fully saturated rings. The minimum Gasteiger partial charge on any atom is -0.452 e. The summed E-state index contributed by atoms with van der Waals surface area (Å²) in [6, 6.07) is 8.13. The number of amides is 1. The van der Waals surface area contributed by atoms with Crippen molar-refractivity contribution in [1.82, 2.24) is 4.31 Å². The van der Waals surface area contributed by atoms with Gasteiger partial charge in [0.05, 0.1) is 29.4 Å². The van der Waals surface area contributed by atoms with Gasteiger partial charge in [0.15, 0.2) is 6.61 Å². The van der Waals surface area contributed by atoms with Crippen LogP contribution in [0.4, 0.5) is 14.5 Å². The second-order valence-electron chi connectivity index (χ2n) is 6.26. The van der Waals surface area contributed by atoms with E-state index in [-0.39, 0.29) is 36.9 Å². The topological polar surface area (TPSA) is 102 Å². The predicted molar refractivity (Wildman–Crippen MR) is 101 cm³/mol. The zero-order valence-electron chi connectivity index (χ0n) is 15.6. The SMILES string of the molecule is O=C(COC(=O)c1cc(S(=O)(=O)N2CCOCC2)ccc1F)Nc1ccccc1F. The Morgan fingerprint density at radius 1 is 1.07 bits per heavy atom. The number of ether oxygens (including phenoxy) is 2. The Balaban J connectivity index is 1.69. The molecule has 11 heteroatoms. The molecule has 1 aliphatic heterocycles. The molecule has 3 rings (SSSR count). The number of nitrogens with zero attached hydrogens (tertiary/aromatic N) is 1. The Labute approximate surface area is 171 Å². The fourth-order valence-electron chi connectivity index (χ4n) is 2.72. The van der Waals surface area contributed by atoms with E-state index in [2.05, 4.69) is 5.32 Å². The van der Waals surface area contributed by atoms with E-state index in [1.807, 2.05) is 0 Å². The number of halogens is 2. The molecular weight excluding hydrogens is 422 g/mol. The Morgan fingerprint density at radius 3 is 2.47 bits per heavy atom. The lowest BCUT2D eigenvalue weighted by atomic mass is 10.2. The van der Waals surface area contributed by atoms with Crippen LogP contribution in [0.3, 0.4) is 0 Å². The van der Waals surface area contributed by atoms with Gasteiger partial charge in [-0.3, -0.25) is 4.79 Å². The van der Waals surface area contributed by atoms with Crippen LogP contribution >= 0.6 is 0 Å². The molecule has 0 radical (unpaired) electrons. The van der Waals surface area contributed by atoms with E-state index in [9.17, 15) is 26.8 Å². The van der Waals surface area contributed by atoms with Crippen molar-refractivity contribution in [1.29, 1.82) is 0 Å². The van der Waals surface area contributed by atoms with Gasteiger partial charge < -0.3 is 14.8 Å². The number of para-hydroxylation sites is 1. The minimum atomic E-state index is -3.95. The molecule has 1 N–H and O–H groups in total. The normalized spacial score (nSPS) is 14.9. The number of hydrogen-bond acceptors (Lipinski definition) is 6. The molecule has 2 aromatic rings. The first-order valence-corrected chi connectivity index (χ1v) is 10.3. The number of benzene rings is 2. The van der Waals surface area contributed by atoms with E-state index in [1.165, 1.54) is 22.5 Å². The number of nitrogens with one attached hydrogen (secondary N) is 1. The molecule has 0 aliphatic carbocycles. The van der Waals surface area contributed by atoms with Crippen LogP contribution in [0.1, 0.15) is 10.4 Å². The third kappa shape index (κ3) is 4.99. The van der Waals surface area contributed by atoms with Crippen LogP contribution in [0, 0.1) is 11.6 Å². The highest BCUT2D eigenvalue weighted by Gasteiger charge is 2.28. The highest BCUT2D eigenvalue weighted by molar-refractivity contribution is 7.89. The number of rotatable bonds is 6. The maximum absolute atomic E-state index is 14.1. The van der Waals surface area contributed by atoms with Gasteiger partial charge in [-0.05, 0) is 30.3 Å². The summed E-state index contributed by atoms with van der Waals surface area (Å²) in [5.41, 5.74) is -0.744. The van der Waals surface area contributed by atoms with Crippen molar-refractivity contribution in [3.8, 4) is 0 Å². The Kier molecular flexibility index (Phi) is 6.75. The van der Waals surface area contributed by atoms with E-state index >= 15 is 0 Å². The zero-order chi connectivity index (χ0) is 21.7. The lowest BCUT2D eigenvalue weighted by Gasteiger charge is -2.26. The van der Waals surface area contributed by atoms with E-state index in [1.54, 1.807) is 0 Å². The Morgan fingerprint density at radius 2 is 1.77 bits per heavy atom. The average Bonchev–Trinajstić information content (AvgIpc) is 2.74. The van der Waals surface area contributed by atoms with Gasteiger partial charge in [0.1, 0.15) is 11.6 Å². The van der Waals surface area contributed by atoms with Gasteiger partial charge in [-0.25, -0.2) is 22.0 Å². The summed E-state index contributed by atoms with van der Waals surface area (Å²) in [5, 5.41) is 2.21. The van der Waals surface area contributed by atoms with Crippen molar-refractivity contribution in [2.75, 3.05) is 38.2 Å². The van der Waals surface area contributed by atoms with Crippen LogP contribution in [0.5, 0.6) is 0 Å². The molecule has 0 bridgehead atoms. The third-order valence-electron chi connectivity index (χ3n) is 4.25. The van der Waals surface area contributed by atoms with Crippen molar-refractivity contribution in [3.05, 3.63) is 59.7 Å². The van der Waals surface area contributed by atoms with Crippen molar-refractivity contribution in [2.45, 2.75) is 4.90 Å². The predicted octanol–water partition coefficient (Wildman–Crippen LogP) is 1.78. The molecule has 0 saturated carbocycles. The fraction of sp³-hybridized carbons (Fsp3) is 0.263. The maximum atomic E-state index is 14.1. The number of esters is 1. The van der Waals surface area contributed by atoms with Gasteiger partial charge in [-0.15, -0.1) is 0 Å². The summed E-state index contributed by atoms with van der Waals surface area (Å²) < 4.78 is 64.0. The Hall–Kier alpha value is -2.89. The van der Waals surface area contributed by atoms with Crippen molar-refractivity contribution >= 4 is 27.6 Å². The molecule has 8 nitrogen and oxygen atoms in total. The highest BCUT2D eigenvalue weighted by Crippen LogP contribution is 2.21. The summed E-state index contributed by atoms with van der Waals surface area (Å²) in [4.78, 5) is 23.8. The lowest BCUT2D eigenvalue weighted by Crippen LogP contribution is -2.40. The molecule has 0 aromatic heterocycles. The quantitative estimate of drug-likeness (QED) is 0.687. The smallest absolute Gasteiger partial charge is 0.341 e. The lowest BCUT2D eigenvalue weighted by molar-refractivity contribution is -0.119. The minimum absolute atomic E-state index is 0.108. The first-order chi connectivity index (χ1) is 14.3. The van der Waals surface area contributed by atoms with Gasteiger partial charge in [0.2, 0.25) is 10.0 Å². The first-order valence-electron chi connectivity index (χ1n) is 8.88. The van der Waals surface area contributed by atoms with Crippen LogP contribution in [0.2, 0.25) is 0 Å². The highest BCUT2D eigenvalue weighted by atomic mass is 32.2. The molecule has 30 heavy (non-hydrogen) atoms. The van der Waals surface area contributed by atoms with Gasteiger partial charge in [-0.1, -0.05) is 12.1 Å². The van der Waals surface area contributed by atoms with E-state index in [4.69, 9.17) is 9.47 Å². The second-order valence-corrected chi connectivity index (χ2v) is 8.20. The molecule has 1 heterocycles. The zero-order valence-corrected chi connectivity index (χ0v) is 16.5. The summed E-state index contributed by atoms with van der Waals surface area (Å²) in [6.07, 6.45) is 0. The number of morpholine rings is 1. The molecule has 1 saturated heterocycles. The first kappa shape index (κ1) is 21.8. The van der Waals surface area contributed by atoms with E-state index < -0.39 is 45.7 Å². The molecule has 0 spiro atoms. The van der Waals surface area contributed by atoms with E-state index in [0.717, 1.165) is 24.3 Å². The molecule has 160 valence electrons. The molecule has 1 amide bonds. The monoisotopic (exact) mass is 440 g/mol. The third-order valence-corrected chi connectivity index (χ3v) is 6.14. The van der Waals surface area contributed by atoms with Crippen LogP contribution in [0.15, 0.2) is 47.4 Å². The number of hydrogen-bond donors (Lipinski definition) is 1. The summed E-state index contributed by atoms with van der Waals surface area (Å²) in [5.74, 6) is -3.75. The summed E-state index contributed by atoms with van der Waals surface area (Å²) >= 11 is 0. The van der Waals surface area contributed by atoms with Crippen LogP contribution in [0.25, 0.3) is 0 Å². The Bertz CT molecular complexity index is 1050. The number of sulfonamides is 1. The second kappa shape index (κ2) is 9.28. The largest absolute Gasteiger partial charge is 0.452 e. The van der Waals surface area contributed by atoms with Crippen LogP contribution in [-0.2, 0) is 24.3 Å². The number of anilines is 1. The molecule has 0 atom stereocenters. The van der Waals surface area contributed by atoms with Gasteiger partial charge in [0.25, 0.3) is 5.91 Å². The maximum Gasteiger partial charge on any atom is 0.341 e. The van der Waals surface area contributed by atoms with Crippen molar-refractivity contribution in [3.63, 3.8) is 0 Å². The molecule has 0 unspecified atom stereocenters. The van der Waals surface area contributed by atoms with Gasteiger partial charge in [0, 0.05) is 13.1 Å². The molecule has 2 aromatic carbocycles.